The van der Waals surface area contributed by atoms with Gasteiger partial charge >= 0.3 is 0 Å². The summed E-state index contributed by atoms with van der Waals surface area (Å²) in [6, 6.07) is 9.67. The van der Waals surface area contributed by atoms with Gasteiger partial charge in [-0.1, -0.05) is 41.4 Å². The zero-order valence-corrected chi connectivity index (χ0v) is 11.8. The molecule has 0 saturated carbocycles. The van der Waals surface area contributed by atoms with Gasteiger partial charge in [-0.25, -0.2) is 0 Å². The van der Waals surface area contributed by atoms with E-state index in [1.807, 2.05) is 44.4 Å². The number of hydrogen-bond acceptors (Lipinski definition) is 2. The van der Waals surface area contributed by atoms with Gasteiger partial charge in [0.15, 0.2) is 0 Å². The van der Waals surface area contributed by atoms with Crippen LogP contribution in [0.5, 0.6) is 0 Å². The van der Waals surface area contributed by atoms with Gasteiger partial charge in [0.1, 0.15) is 0 Å². The number of aryl methyl sites for hydroxylation is 1. The summed E-state index contributed by atoms with van der Waals surface area (Å²) in [5, 5.41) is 4.39. The molecular weight excluding hydrogens is 267 g/mol. The van der Waals surface area contributed by atoms with Crippen molar-refractivity contribution in [1.29, 1.82) is 0 Å². The Morgan fingerprint density at radius 2 is 1.94 bits per heavy atom. The number of halogens is 2. The highest BCUT2D eigenvalue weighted by Gasteiger charge is 2.16. The van der Waals surface area contributed by atoms with Crippen molar-refractivity contribution in [2.24, 2.45) is 0 Å². The van der Waals surface area contributed by atoms with E-state index in [1.165, 1.54) is 0 Å². The van der Waals surface area contributed by atoms with Gasteiger partial charge in [-0.05, 0) is 37.2 Å². The van der Waals surface area contributed by atoms with Crippen LogP contribution in [-0.2, 0) is 0 Å². The van der Waals surface area contributed by atoms with Gasteiger partial charge in [-0.3, -0.25) is 4.98 Å². The second-order valence-corrected chi connectivity index (χ2v) is 4.88. The predicted molar refractivity (Wildman–Crippen MR) is 76.3 cm³/mol. The molecule has 4 heteroatoms. The predicted octanol–water partition coefficient (Wildman–Crippen LogP) is 4.01. The first-order chi connectivity index (χ1) is 8.63. The summed E-state index contributed by atoms with van der Waals surface area (Å²) in [6.45, 7) is 1.96. The van der Waals surface area contributed by atoms with Gasteiger partial charge in [0.2, 0.25) is 0 Å². The molecule has 1 aromatic carbocycles. The molecule has 18 heavy (non-hydrogen) atoms. The lowest BCUT2D eigenvalue weighted by atomic mass is 10.00. The van der Waals surface area contributed by atoms with Gasteiger partial charge in [0.05, 0.1) is 16.1 Å². The van der Waals surface area contributed by atoms with Crippen molar-refractivity contribution in [3.8, 4) is 0 Å². The van der Waals surface area contributed by atoms with Crippen LogP contribution in [0, 0.1) is 6.92 Å². The van der Waals surface area contributed by atoms with Crippen molar-refractivity contribution in [2.45, 2.75) is 13.0 Å². The maximum Gasteiger partial charge on any atom is 0.0643 e. The van der Waals surface area contributed by atoms with E-state index < -0.39 is 0 Å². The fourth-order valence-electron chi connectivity index (χ4n) is 1.90. The smallest absolute Gasteiger partial charge is 0.0643 e. The third-order valence-electron chi connectivity index (χ3n) is 2.85. The van der Waals surface area contributed by atoms with E-state index in [2.05, 4.69) is 10.3 Å². The summed E-state index contributed by atoms with van der Waals surface area (Å²) in [5.41, 5.74) is 3.01. The van der Waals surface area contributed by atoms with Crippen molar-refractivity contribution in [3.05, 3.63) is 63.4 Å². The number of aromatic nitrogens is 1. The minimum absolute atomic E-state index is 0.00991. The third-order valence-corrected chi connectivity index (χ3v) is 3.68. The maximum atomic E-state index is 6.26. The number of nitrogens with zero attached hydrogens (tertiary/aromatic N) is 1. The first-order valence-electron chi connectivity index (χ1n) is 5.67. The maximum absolute atomic E-state index is 6.26. The van der Waals surface area contributed by atoms with Crippen LogP contribution in [0.15, 0.2) is 36.5 Å². The molecule has 0 saturated heterocycles. The van der Waals surface area contributed by atoms with Crippen molar-refractivity contribution < 1.29 is 0 Å². The van der Waals surface area contributed by atoms with Crippen LogP contribution in [0.1, 0.15) is 22.9 Å². The van der Waals surface area contributed by atoms with Crippen LogP contribution < -0.4 is 5.32 Å². The van der Waals surface area contributed by atoms with E-state index in [0.717, 1.165) is 16.8 Å². The highest BCUT2D eigenvalue weighted by Crippen LogP contribution is 2.32. The lowest BCUT2D eigenvalue weighted by Crippen LogP contribution is -2.18. The van der Waals surface area contributed by atoms with Gasteiger partial charge in [-0.15, -0.1) is 0 Å². The second kappa shape index (κ2) is 5.70. The van der Waals surface area contributed by atoms with Crippen LogP contribution in [0.2, 0.25) is 10.0 Å². The fraction of sp³-hybridized carbons (Fsp3) is 0.214. The Balaban J connectivity index is 2.45. The first-order valence-corrected chi connectivity index (χ1v) is 6.43. The number of hydrogen-bond donors (Lipinski definition) is 1. The number of rotatable bonds is 3. The van der Waals surface area contributed by atoms with Gasteiger partial charge in [-0.2, -0.15) is 0 Å². The minimum atomic E-state index is -0.00991. The summed E-state index contributed by atoms with van der Waals surface area (Å²) < 4.78 is 0. The van der Waals surface area contributed by atoms with Crippen molar-refractivity contribution >= 4 is 23.2 Å². The molecule has 0 aliphatic carbocycles. The standard InChI is InChI=1S/C14H14Cl2N2/c1-9-6-7-10(8-18-9)14(17-2)11-4-3-5-12(15)13(11)16/h3-8,14,17H,1-2H3. The normalized spacial score (nSPS) is 12.4. The summed E-state index contributed by atoms with van der Waals surface area (Å²) in [4.78, 5) is 4.31. The van der Waals surface area contributed by atoms with E-state index in [9.17, 15) is 0 Å². The minimum Gasteiger partial charge on any atom is -0.309 e. The van der Waals surface area contributed by atoms with Crippen LogP contribution in [-0.4, -0.2) is 12.0 Å². The molecule has 0 fully saturated rings. The fourth-order valence-corrected chi connectivity index (χ4v) is 2.31. The molecule has 1 unspecified atom stereocenters. The van der Waals surface area contributed by atoms with Gasteiger partial charge < -0.3 is 5.32 Å². The van der Waals surface area contributed by atoms with Crippen molar-refractivity contribution in [1.82, 2.24) is 10.3 Å². The molecule has 2 aromatic rings. The van der Waals surface area contributed by atoms with Crippen LogP contribution in [0.4, 0.5) is 0 Å². The van der Waals surface area contributed by atoms with Crippen LogP contribution in [0.3, 0.4) is 0 Å². The van der Waals surface area contributed by atoms with E-state index in [1.54, 1.807) is 6.07 Å². The molecule has 1 atom stereocenters. The highest BCUT2D eigenvalue weighted by molar-refractivity contribution is 6.42. The number of benzene rings is 1. The van der Waals surface area contributed by atoms with E-state index in [0.29, 0.717) is 10.0 Å². The Kier molecular flexibility index (Phi) is 4.23. The van der Waals surface area contributed by atoms with E-state index in [-0.39, 0.29) is 6.04 Å². The SMILES string of the molecule is CNC(c1ccc(C)nc1)c1cccc(Cl)c1Cl. The molecule has 2 nitrogen and oxygen atoms in total. The molecule has 0 aliphatic rings. The number of nitrogens with one attached hydrogen (secondary N) is 1. The molecule has 0 amide bonds. The zero-order chi connectivity index (χ0) is 13.1. The molecule has 2 rings (SSSR count). The molecule has 1 heterocycles. The number of pyridine rings is 1. The lowest BCUT2D eigenvalue weighted by molar-refractivity contribution is 0.688. The molecule has 0 radical (unpaired) electrons. The summed E-state index contributed by atoms with van der Waals surface area (Å²) in [5.74, 6) is 0. The third kappa shape index (κ3) is 2.66. The summed E-state index contributed by atoms with van der Waals surface area (Å²) in [7, 11) is 1.89. The van der Waals surface area contributed by atoms with E-state index in [4.69, 9.17) is 23.2 Å². The molecule has 0 spiro atoms. The van der Waals surface area contributed by atoms with E-state index >= 15 is 0 Å². The van der Waals surface area contributed by atoms with Crippen molar-refractivity contribution in [3.63, 3.8) is 0 Å². The Labute approximate surface area is 117 Å². The molecule has 0 bridgehead atoms. The lowest BCUT2D eigenvalue weighted by Gasteiger charge is -2.18. The van der Waals surface area contributed by atoms with Crippen LogP contribution in [0.25, 0.3) is 0 Å². The highest BCUT2D eigenvalue weighted by atomic mass is 35.5. The first kappa shape index (κ1) is 13.3. The Hall–Kier alpha value is -1.09. The van der Waals surface area contributed by atoms with Crippen molar-refractivity contribution in [2.75, 3.05) is 7.05 Å². The Morgan fingerprint density at radius 3 is 2.56 bits per heavy atom. The molecular formula is C14H14Cl2N2. The molecule has 1 aromatic heterocycles. The average Bonchev–Trinajstić information content (AvgIpc) is 2.37. The Bertz CT molecular complexity index is 538. The zero-order valence-electron chi connectivity index (χ0n) is 10.2. The topological polar surface area (TPSA) is 24.9 Å². The summed E-state index contributed by atoms with van der Waals surface area (Å²) >= 11 is 12.3. The van der Waals surface area contributed by atoms with Gasteiger partial charge in [0, 0.05) is 11.9 Å². The molecule has 94 valence electrons. The molecule has 0 aliphatic heterocycles. The average molecular weight is 281 g/mol. The van der Waals surface area contributed by atoms with Gasteiger partial charge in [0.25, 0.3) is 0 Å². The Morgan fingerprint density at radius 1 is 1.17 bits per heavy atom. The second-order valence-electron chi connectivity index (χ2n) is 4.10. The largest absolute Gasteiger partial charge is 0.309 e. The monoisotopic (exact) mass is 280 g/mol. The quantitative estimate of drug-likeness (QED) is 0.919. The van der Waals surface area contributed by atoms with Crippen LogP contribution >= 0.6 is 23.2 Å². The summed E-state index contributed by atoms with van der Waals surface area (Å²) in [6.07, 6.45) is 1.85. The molecule has 1 N–H and O–H groups in total.